The number of nitrogens with two attached hydrogens (primary N) is 1. The van der Waals surface area contributed by atoms with Crippen LogP contribution in [0.3, 0.4) is 0 Å². The molecule has 1 aromatic heterocycles. The van der Waals surface area contributed by atoms with Crippen molar-refractivity contribution in [2.24, 2.45) is 11.1 Å². The van der Waals surface area contributed by atoms with E-state index >= 15 is 0 Å². The summed E-state index contributed by atoms with van der Waals surface area (Å²) in [5, 5.41) is 9.55. The first kappa shape index (κ1) is 10.0. The zero-order valence-electron chi connectivity index (χ0n) is 12.7. The summed E-state index contributed by atoms with van der Waals surface area (Å²) < 4.78 is 14.9. The van der Waals surface area contributed by atoms with Gasteiger partial charge in [0.05, 0.1) is 14.0 Å². The average Bonchev–Trinajstić information content (AvgIpc) is 2.25. The minimum absolute atomic E-state index is 0.400. The van der Waals surface area contributed by atoms with E-state index in [-0.39, 0.29) is 0 Å². The molecule has 94 valence electrons. The third-order valence-corrected chi connectivity index (χ3v) is 3.64. The summed E-state index contributed by atoms with van der Waals surface area (Å²) in [4.78, 5) is 4.41. The van der Waals surface area contributed by atoms with E-state index in [1.165, 1.54) is 0 Å². The molecule has 1 aliphatic carbocycles. The molecule has 3 heteroatoms. The van der Waals surface area contributed by atoms with Gasteiger partial charge in [-0.2, -0.15) is 0 Å². The lowest BCUT2D eigenvalue weighted by Crippen LogP contribution is -2.56. The molecule has 1 fully saturated rings. The van der Waals surface area contributed by atoms with Crippen molar-refractivity contribution < 1.29 is 7.85 Å². The Morgan fingerprint density at radius 1 is 1.53 bits per heavy atom. The summed E-state index contributed by atoms with van der Waals surface area (Å²) >= 11 is 0. The van der Waals surface area contributed by atoms with Gasteiger partial charge >= 0.3 is 0 Å². The van der Waals surface area contributed by atoms with Crippen LogP contribution in [0, 0.1) is 5.41 Å². The molecule has 0 radical (unpaired) electrons. The van der Waals surface area contributed by atoms with Gasteiger partial charge in [-0.05, 0) is 35.8 Å². The molecule has 3 nitrogen and oxygen atoms in total. The standard InChI is InChI=1S/C14H22N2O/c1-10(2)11-4-5-12(16-6-11)14(15)7-13(3,8-14)9-17/h4-6,10,17H,7-9,15H2,1-3H3/i9D2. The van der Waals surface area contributed by atoms with Gasteiger partial charge in [0.15, 0.2) is 0 Å². The summed E-state index contributed by atoms with van der Waals surface area (Å²) in [5.41, 5.74) is 6.80. The average molecular weight is 236 g/mol. The number of pyridine rings is 1. The molecule has 0 saturated heterocycles. The van der Waals surface area contributed by atoms with Crippen LogP contribution in [0.5, 0.6) is 0 Å². The van der Waals surface area contributed by atoms with Gasteiger partial charge in [-0.25, -0.2) is 0 Å². The van der Waals surface area contributed by atoms with Crippen molar-refractivity contribution in [1.82, 2.24) is 4.98 Å². The van der Waals surface area contributed by atoms with Crippen molar-refractivity contribution in [3.05, 3.63) is 29.6 Å². The fourth-order valence-electron chi connectivity index (χ4n) is 2.64. The normalized spacial score (nSPS) is 35.2. The molecule has 0 amide bonds. The van der Waals surface area contributed by atoms with E-state index in [0.717, 1.165) is 11.3 Å². The molecule has 3 N–H and O–H groups in total. The van der Waals surface area contributed by atoms with Crippen LogP contribution in [-0.4, -0.2) is 16.6 Å². The third kappa shape index (κ3) is 2.22. The van der Waals surface area contributed by atoms with Gasteiger partial charge in [-0.1, -0.05) is 26.8 Å². The van der Waals surface area contributed by atoms with Crippen molar-refractivity contribution in [3.63, 3.8) is 0 Å². The van der Waals surface area contributed by atoms with E-state index in [9.17, 15) is 5.11 Å². The molecular weight excluding hydrogens is 212 g/mol. The van der Waals surface area contributed by atoms with Crippen LogP contribution < -0.4 is 5.73 Å². The second-order valence-electron chi connectivity index (χ2n) is 5.81. The van der Waals surface area contributed by atoms with Gasteiger partial charge in [0, 0.05) is 12.8 Å². The largest absolute Gasteiger partial charge is 0.396 e. The van der Waals surface area contributed by atoms with Gasteiger partial charge in [-0.3, -0.25) is 4.98 Å². The Labute approximate surface area is 106 Å². The van der Waals surface area contributed by atoms with Crippen molar-refractivity contribution in [2.75, 3.05) is 6.56 Å². The molecule has 1 aliphatic rings. The van der Waals surface area contributed by atoms with Gasteiger partial charge in [0.1, 0.15) is 0 Å². The Kier molecular flexibility index (Phi) is 2.40. The minimum Gasteiger partial charge on any atom is -0.396 e. The zero-order valence-corrected chi connectivity index (χ0v) is 10.7. The maximum absolute atomic E-state index is 9.55. The lowest BCUT2D eigenvalue weighted by molar-refractivity contribution is -0.0125. The van der Waals surface area contributed by atoms with E-state index in [2.05, 4.69) is 18.8 Å². The van der Waals surface area contributed by atoms with Crippen LogP contribution in [-0.2, 0) is 5.54 Å². The molecule has 0 bridgehead atoms. The van der Waals surface area contributed by atoms with E-state index in [1.807, 2.05) is 18.3 Å². The van der Waals surface area contributed by atoms with Gasteiger partial charge in [0.25, 0.3) is 0 Å². The highest BCUT2D eigenvalue weighted by atomic mass is 16.3. The maximum atomic E-state index is 9.55. The highest BCUT2D eigenvalue weighted by molar-refractivity contribution is 5.26. The molecule has 0 unspecified atom stereocenters. The lowest BCUT2D eigenvalue weighted by Gasteiger charge is -2.51. The smallest absolute Gasteiger partial charge is 0.0603 e. The van der Waals surface area contributed by atoms with Crippen molar-refractivity contribution in [2.45, 2.75) is 45.1 Å². The molecule has 1 saturated carbocycles. The fraction of sp³-hybridized carbons (Fsp3) is 0.643. The van der Waals surface area contributed by atoms with Crippen LogP contribution in [0.2, 0.25) is 0 Å². The summed E-state index contributed by atoms with van der Waals surface area (Å²) in [6, 6.07) is 3.94. The molecule has 1 heterocycles. The number of rotatable bonds is 3. The first-order valence-corrected chi connectivity index (χ1v) is 6.05. The highest BCUT2D eigenvalue weighted by Gasteiger charge is 2.50. The molecule has 17 heavy (non-hydrogen) atoms. The van der Waals surface area contributed by atoms with Crippen LogP contribution in [0.4, 0.5) is 0 Å². The molecule has 0 atom stereocenters. The third-order valence-electron chi connectivity index (χ3n) is 3.64. The van der Waals surface area contributed by atoms with Crippen LogP contribution >= 0.6 is 0 Å². The van der Waals surface area contributed by atoms with E-state index in [4.69, 9.17) is 8.48 Å². The van der Waals surface area contributed by atoms with Crippen molar-refractivity contribution >= 4 is 0 Å². The zero-order chi connectivity index (χ0) is 14.5. The number of nitrogens with zero attached hydrogens (tertiary/aromatic N) is 1. The first-order valence-electron chi connectivity index (χ1n) is 7.05. The van der Waals surface area contributed by atoms with Crippen LogP contribution in [0.15, 0.2) is 18.3 Å². The second kappa shape index (κ2) is 4.07. The SMILES string of the molecule is [2H]C([2H])(O)C1(C)CC(N)(c2ccc(C(C)C)cn2)C1. The number of hydrogen-bond donors (Lipinski definition) is 2. The van der Waals surface area contributed by atoms with Crippen molar-refractivity contribution in [1.29, 1.82) is 0 Å². The summed E-state index contributed by atoms with van der Waals surface area (Å²) in [6.07, 6.45) is 2.63. The Morgan fingerprint density at radius 2 is 2.18 bits per heavy atom. The quantitative estimate of drug-likeness (QED) is 0.845. The monoisotopic (exact) mass is 236 g/mol. The minimum atomic E-state index is -2.20. The number of hydrogen-bond acceptors (Lipinski definition) is 3. The topological polar surface area (TPSA) is 59.1 Å². The summed E-state index contributed by atoms with van der Waals surface area (Å²) in [7, 11) is 0. The van der Waals surface area contributed by atoms with Gasteiger partial charge in [0.2, 0.25) is 0 Å². The Balaban J connectivity index is 2.16. The van der Waals surface area contributed by atoms with E-state index < -0.39 is 17.5 Å². The maximum Gasteiger partial charge on any atom is 0.0603 e. The molecule has 0 aromatic carbocycles. The summed E-state index contributed by atoms with van der Waals surface area (Å²) in [6.45, 7) is 3.74. The van der Waals surface area contributed by atoms with Crippen LogP contribution in [0.1, 0.15) is 53.5 Å². The molecule has 1 aromatic rings. The van der Waals surface area contributed by atoms with Crippen molar-refractivity contribution in [3.8, 4) is 0 Å². The first-order chi connectivity index (χ1) is 8.57. The van der Waals surface area contributed by atoms with Gasteiger partial charge < -0.3 is 10.8 Å². The predicted molar refractivity (Wildman–Crippen MR) is 68.6 cm³/mol. The number of aliphatic hydroxyl groups is 1. The molecule has 2 rings (SSSR count). The molecule has 0 spiro atoms. The lowest BCUT2D eigenvalue weighted by atomic mass is 9.58. The predicted octanol–water partition coefficient (Wildman–Crippen LogP) is 2.15. The Morgan fingerprint density at radius 3 is 2.59 bits per heavy atom. The fourth-order valence-corrected chi connectivity index (χ4v) is 2.64. The van der Waals surface area contributed by atoms with Crippen LogP contribution in [0.25, 0.3) is 0 Å². The van der Waals surface area contributed by atoms with Gasteiger partial charge in [-0.15, -0.1) is 0 Å². The molecular formula is C14H22N2O. The van der Waals surface area contributed by atoms with E-state index in [0.29, 0.717) is 18.8 Å². The number of aromatic nitrogens is 1. The summed E-state index contributed by atoms with van der Waals surface area (Å²) in [5.74, 6) is 0.425. The highest BCUT2D eigenvalue weighted by Crippen LogP contribution is 2.51. The Bertz CT molecular complexity index is 459. The molecule has 0 aliphatic heterocycles. The Hall–Kier alpha value is -0.930. The second-order valence-corrected chi connectivity index (χ2v) is 5.81. The van der Waals surface area contributed by atoms with E-state index in [1.54, 1.807) is 6.92 Å².